The summed E-state index contributed by atoms with van der Waals surface area (Å²) in [4.78, 5) is 27.9. The Balaban J connectivity index is 1.81. The summed E-state index contributed by atoms with van der Waals surface area (Å²) >= 11 is 1.67. The Morgan fingerprint density at radius 1 is 1.24 bits per heavy atom. The third-order valence-electron chi connectivity index (χ3n) is 3.86. The van der Waals surface area contributed by atoms with Gasteiger partial charge in [-0.3, -0.25) is 19.3 Å². The second kappa shape index (κ2) is 4.73. The van der Waals surface area contributed by atoms with Gasteiger partial charge in [0.15, 0.2) is 0 Å². The molecule has 0 amide bonds. The predicted octanol–water partition coefficient (Wildman–Crippen LogP) is 2.09. The van der Waals surface area contributed by atoms with E-state index < -0.39 is 0 Å². The van der Waals surface area contributed by atoms with Gasteiger partial charge in [-0.05, 0) is 31.7 Å². The zero-order chi connectivity index (χ0) is 14.4. The van der Waals surface area contributed by atoms with Crippen LogP contribution in [0.1, 0.15) is 28.2 Å². The fraction of sp³-hybridized carbons (Fsp3) is 0.333. The molecule has 106 valence electrons. The quantitative estimate of drug-likeness (QED) is 0.727. The van der Waals surface area contributed by atoms with E-state index in [-0.39, 0.29) is 5.56 Å². The lowest BCUT2D eigenvalue weighted by atomic mass is 10.2. The minimum absolute atomic E-state index is 0.0433. The summed E-state index contributed by atoms with van der Waals surface area (Å²) in [6.45, 7) is 2.31. The first-order valence-corrected chi connectivity index (χ1v) is 7.81. The Hall–Kier alpha value is -2.08. The first kappa shape index (κ1) is 12.6. The summed E-state index contributed by atoms with van der Waals surface area (Å²) in [5, 5.41) is 0.815. The van der Waals surface area contributed by atoms with Crippen molar-refractivity contribution >= 4 is 21.6 Å². The number of thiophene rings is 1. The lowest BCUT2D eigenvalue weighted by Crippen LogP contribution is -2.21. The van der Waals surface area contributed by atoms with Gasteiger partial charge in [0.05, 0.1) is 35.8 Å². The molecule has 0 atom stereocenters. The van der Waals surface area contributed by atoms with Crippen molar-refractivity contribution in [2.45, 2.75) is 32.7 Å². The molecule has 21 heavy (non-hydrogen) atoms. The van der Waals surface area contributed by atoms with E-state index in [1.54, 1.807) is 34.6 Å². The van der Waals surface area contributed by atoms with Crippen molar-refractivity contribution in [2.24, 2.45) is 0 Å². The van der Waals surface area contributed by atoms with Crippen molar-refractivity contribution in [1.29, 1.82) is 0 Å². The van der Waals surface area contributed by atoms with E-state index >= 15 is 0 Å². The van der Waals surface area contributed by atoms with E-state index in [1.807, 2.05) is 6.92 Å². The minimum Gasteiger partial charge on any atom is -0.293 e. The van der Waals surface area contributed by atoms with Crippen LogP contribution in [0.15, 0.2) is 23.5 Å². The van der Waals surface area contributed by atoms with Crippen LogP contribution in [0.3, 0.4) is 0 Å². The third-order valence-corrected chi connectivity index (χ3v) is 5.06. The summed E-state index contributed by atoms with van der Waals surface area (Å²) in [5.41, 5.74) is 2.91. The van der Waals surface area contributed by atoms with Crippen molar-refractivity contribution in [2.75, 3.05) is 0 Å². The van der Waals surface area contributed by atoms with Gasteiger partial charge in [-0.2, -0.15) is 0 Å². The van der Waals surface area contributed by atoms with Gasteiger partial charge >= 0.3 is 0 Å². The predicted molar refractivity (Wildman–Crippen MR) is 81.8 cm³/mol. The summed E-state index contributed by atoms with van der Waals surface area (Å²) in [6, 6.07) is 0. The number of hydrogen-bond acceptors (Lipinski definition) is 5. The fourth-order valence-electron chi connectivity index (χ4n) is 2.81. The maximum Gasteiger partial charge on any atom is 0.262 e. The molecule has 1 aliphatic rings. The molecule has 6 heteroatoms. The van der Waals surface area contributed by atoms with E-state index in [0.717, 1.165) is 40.9 Å². The lowest BCUT2D eigenvalue weighted by Gasteiger charge is -2.05. The van der Waals surface area contributed by atoms with Crippen LogP contribution < -0.4 is 5.56 Å². The highest BCUT2D eigenvalue weighted by Gasteiger charge is 2.21. The molecule has 0 radical (unpaired) electrons. The Labute approximate surface area is 125 Å². The van der Waals surface area contributed by atoms with Crippen LogP contribution >= 0.6 is 11.3 Å². The van der Waals surface area contributed by atoms with Crippen molar-refractivity contribution in [3.63, 3.8) is 0 Å². The molecule has 3 heterocycles. The maximum absolute atomic E-state index is 12.7. The van der Waals surface area contributed by atoms with E-state index in [9.17, 15) is 4.79 Å². The van der Waals surface area contributed by atoms with Crippen LogP contribution in [-0.2, 0) is 19.4 Å². The molecule has 3 aromatic heterocycles. The van der Waals surface area contributed by atoms with Gasteiger partial charge in [-0.25, -0.2) is 4.98 Å². The standard InChI is InChI=1S/C15H14N4OS/c1-9-5-17-10(6-16-9)7-19-8-18-14-13(15(19)20)11-3-2-4-12(11)21-14/h5-6,8H,2-4,7H2,1H3. The second-order valence-electron chi connectivity index (χ2n) is 5.36. The summed E-state index contributed by atoms with van der Waals surface area (Å²) in [6.07, 6.45) is 8.28. The molecule has 1 aliphatic carbocycles. The fourth-order valence-corrected chi connectivity index (χ4v) is 4.03. The number of fused-ring (bicyclic) bond motifs is 3. The second-order valence-corrected chi connectivity index (χ2v) is 6.45. The van der Waals surface area contributed by atoms with E-state index in [4.69, 9.17) is 0 Å². The van der Waals surface area contributed by atoms with Gasteiger partial charge in [0, 0.05) is 11.1 Å². The minimum atomic E-state index is 0.0433. The van der Waals surface area contributed by atoms with Crippen molar-refractivity contribution < 1.29 is 0 Å². The molecule has 0 bridgehead atoms. The monoisotopic (exact) mass is 298 g/mol. The molecule has 0 saturated heterocycles. The number of aryl methyl sites for hydroxylation is 3. The van der Waals surface area contributed by atoms with Crippen LogP contribution in [0, 0.1) is 6.92 Å². The first-order chi connectivity index (χ1) is 10.2. The Morgan fingerprint density at radius 2 is 2.14 bits per heavy atom. The maximum atomic E-state index is 12.7. The highest BCUT2D eigenvalue weighted by atomic mass is 32.1. The van der Waals surface area contributed by atoms with Crippen LogP contribution in [-0.4, -0.2) is 19.5 Å². The molecule has 0 unspecified atom stereocenters. The van der Waals surface area contributed by atoms with E-state index in [1.165, 1.54) is 10.4 Å². The smallest absolute Gasteiger partial charge is 0.262 e. The molecule has 4 rings (SSSR count). The van der Waals surface area contributed by atoms with E-state index in [2.05, 4.69) is 15.0 Å². The van der Waals surface area contributed by atoms with Gasteiger partial charge < -0.3 is 0 Å². The van der Waals surface area contributed by atoms with Crippen LogP contribution in [0.2, 0.25) is 0 Å². The third kappa shape index (κ3) is 2.06. The lowest BCUT2D eigenvalue weighted by molar-refractivity contribution is 0.724. The van der Waals surface area contributed by atoms with Gasteiger partial charge in [0.25, 0.3) is 5.56 Å². The van der Waals surface area contributed by atoms with Crippen molar-refractivity contribution in [3.8, 4) is 0 Å². The molecule has 0 N–H and O–H groups in total. The first-order valence-electron chi connectivity index (χ1n) is 6.99. The Kier molecular flexibility index (Phi) is 2.85. The van der Waals surface area contributed by atoms with Crippen molar-refractivity contribution in [3.05, 3.63) is 50.9 Å². The summed E-state index contributed by atoms with van der Waals surface area (Å²) < 4.78 is 1.63. The average Bonchev–Trinajstić information content (AvgIpc) is 3.04. The zero-order valence-electron chi connectivity index (χ0n) is 11.7. The van der Waals surface area contributed by atoms with Gasteiger partial charge in [-0.15, -0.1) is 11.3 Å². The van der Waals surface area contributed by atoms with Crippen molar-refractivity contribution in [1.82, 2.24) is 19.5 Å². The molecule has 5 nitrogen and oxygen atoms in total. The highest BCUT2D eigenvalue weighted by molar-refractivity contribution is 7.18. The molecular weight excluding hydrogens is 284 g/mol. The molecule has 0 spiro atoms. The highest BCUT2D eigenvalue weighted by Crippen LogP contribution is 2.34. The molecule has 0 aliphatic heterocycles. The average molecular weight is 298 g/mol. The SMILES string of the molecule is Cc1cnc(Cn2cnc3sc4c(c3c2=O)CCC4)cn1. The topological polar surface area (TPSA) is 60.7 Å². The van der Waals surface area contributed by atoms with Crippen LogP contribution in [0.25, 0.3) is 10.2 Å². The van der Waals surface area contributed by atoms with E-state index in [0.29, 0.717) is 6.54 Å². The summed E-state index contributed by atoms with van der Waals surface area (Å²) in [7, 11) is 0. The Bertz CT molecular complexity index is 879. The Morgan fingerprint density at radius 3 is 2.95 bits per heavy atom. The van der Waals surface area contributed by atoms with Crippen LogP contribution in [0.5, 0.6) is 0 Å². The molecule has 0 fully saturated rings. The number of aromatic nitrogens is 4. The van der Waals surface area contributed by atoms with Crippen LogP contribution in [0.4, 0.5) is 0 Å². The number of rotatable bonds is 2. The normalized spacial score (nSPS) is 13.8. The number of nitrogens with zero attached hydrogens (tertiary/aromatic N) is 4. The molecule has 0 aromatic carbocycles. The zero-order valence-corrected chi connectivity index (χ0v) is 12.5. The summed E-state index contributed by atoms with van der Waals surface area (Å²) in [5.74, 6) is 0. The number of hydrogen-bond donors (Lipinski definition) is 0. The largest absolute Gasteiger partial charge is 0.293 e. The molecular formula is C15H14N4OS. The van der Waals surface area contributed by atoms with Gasteiger partial charge in [0.2, 0.25) is 0 Å². The van der Waals surface area contributed by atoms with Gasteiger partial charge in [-0.1, -0.05) is 0 Å². The van der Waals surface area contributed by atoms with Gasteiger partial charge in [0.1, 0.15) is 4.83 Å². The molecule has 3 aromatic rings. The molecule has 0 saturated carbocycles.